The minimum absolute atomic E-state index is 0.0402. The first kappa shape index (κ1) is 19.4. The fourth-order valence-corrected chi connectivity index (χ4v) is 3.95. The number of benzene rings is 1. The lowest BCUT2D eigenvalue weighted by molar-refractivity contribution is -0.121. The van der Waals surface area contributed by atoms with Crippen LogP contribution in [0.2, 0.25) is 0 Å². The van der Waals surface area contributed by atoms with Crippen molar-refractivity contribution < 1.29 is 17.9 Å². The maximum absolute atomic E-state index is 12.2. The highest BCUT2D eigenvalue weighted by Gasteiger charge is 2.15. The molecule has 1 amide bonds. The molecule has 0 saturated carbocycles. The summed E-state index contributed by atoms with van der Waals surface area (Å²) in [6.07, 6.45) is 0.0754. The van der Waals surface area contributed by atoms with Crippen molar-refractivity contribution in [3.8, 4) is 5.75 Å². The lowest BCUT2D eigenvalue weighted by Crippen LogP contribution is -2.31. The summed E-state index contributed by atoms with van der Waals surface area (Å²) in [5.41, 5.74) is 0. The van der Waals surface area contributed by atoms with Crippen LogP contribution in [0.1, 0.15) is 31.2 Å². The zero-order valence-corrected chi connectivity index (χ0v) is 15.8. The van der Waals surface area contributed by atoms with Crippen LogP contribution in [0.4, 0.5) is 0 Å². The lowest BCUT2D eigenvalue weighted by Gasteiger charge is -2.12. The van der Waals surface area contributed by atoms with Crippen molar-refractivity contribution in [2.45, 2.75) is 31.2 Å². The highest BCUT2D eigenvalue weighted by Crippen LogP contribution is 2.18. The second kappa shape index (κ2) is 8.98. The first-order chi connectivity index (χ1) is 11.9. The van der Waals surface area contributed by atoms with Gasteiger partial charge in [0, 0.05) is 17.8 Å². The third kappa shape index (κ3) is 5.84. The van der Waals surface area contributed by atoms with Crippen LogP contribution >= 0.6 is 11.3 Å². The number of hydrogen-bond donors (Lipinski definition) is 2. The highest BCUT2D eigenvalue weighted by molar-refractivity contribution is 7.89. The number of nitrogens with one attached hydrogen (secondary N) is 2. The average molecular weight is 383 g/mol. The molecule has 1 aromatic heterocycles. The van der Waals surface area contributed by atoms with E-state index in [1.165, 1.54) is 12.1 Å². The molecule has 0 aliphatic heterocycles. The van der Waals surface area contributed by atoms with Gasteiger partial charge < -0.3 is 10.1 Å². The second-order valence-electron chi connectivity index (χ2n) is 5.36. The number of sulfonamides is 1. The Hall–Kier alpha value is -1.90. The number of carbonyl (C=O) groups excluding carboxylic acids is 1. The predicted octanol–water partition coefficient (Wildman–Crippen LogP) is 2.69. The standard InChI is InChI=1S/C17H22N2O4S2/c1-3-23-14-6-8-15(9-7-14)25(21,22)18-11-10-17(20)19-13(2)16-5-4-12-24-16/h4-9,12-13,18H,3,10-11H2,1-2H3,(H,19,20). The van der Waals surface area contributed by atoms with Crippen molar-refractivity contribution in [2.75, 3.05) is 13.2 Å². The van der Waals surface area contributed by atoms with E-state index in [1.54, 1.807) is 23.5 Å². The third-order valence-corrected chi connectivity index (χ3v) is 5.97. The van der Waals surface area contributed by atoms with Gasteiger partial charge in [-0.05, 0) is 49.6 Å². The van der Waals surface area contributed by atoms with Gasteiger partial charge in [-0.15, -0.1) is 11.3 Å². The number of thiophene rings is 1. The van der Waals surface area contributed by atoms with Crippen LogP contribution in [0.5, 0.6) is 5.75 Å². The number of hydrogen-bond acceptors (Lipinski definition) is 5. The number of amides is 1. The molecule has 8 heteroatoms. The number of ether oxygens (including phenoxy) is 1. The van der Waals surface area contributed by atoms with Crippen molar-refractivity contribution in [1.82, 2.24) is 10.0 Å². The summed E-state index contributed by atoms with van der Waals surface area (Å²) < 4.78 is 32.1. The molecule has 2 aromatic rings. The quantitative estimate of drug-likeness (QED) is 0.698. The van der Waals surface area contributed by atoms with E-state index in [-0.39, 0.29) is 29.8 Å². The first-order valence-corrected chi connectivity index (χ1v) is 10.3. The molecule has 1 heterocycles. The fraction of sp³-hybridized carbons (Fsp3) is 0.353. The molecule has 136 valence electrons. The molecule has 2 N–H and O–H groups in total. The van der Waals surface area contributed by atoms with Crippen LogP contribution < -0.4 is 14.8 Å². The Kier molecular flexibility index (Phi) is 6.98. The predicted molar refractivity (Wildman–Crippen MR) is 98.3 cm³/mol. The summed E-state index contributed by atoms with van der Waals surface area (Å²) in [6.45, 7) is 4.31. The second-order valence-corrected chi connectivity index (χ2v) is 8.10. The molecule has 6 nitrogen and oxygen atoms in total. The fourth-order valence-electron chi connectivity index (χ4n) is 2.19. The molecule has 0 spiro atoms. The van der Waals surface area contributed by atoms with Crippen LogP contribution in [-0.2, 0) is 14.8 Å². The Morgan fingerprint density at radius 1 is 1.24 bits per heavy atom. The van der Waals surface area contributed by atoms with Crippen molar-refractivity contribution in [3.05, 3.63) is 46.7 Å². The molecule has 1 atom stereocenters. The van der Waals surface area contributed by atoms with Crippen molar-refractivity contribution in [1.29, 1.82) is 0 Å². The summed E-state index contributed by atoms with van der Waals surface area (Å²) in [5, 5.41) is 4.80. The SMILES string of the molecule is CCOc1ccc(S(=O)(=O)NCCC(=O)NC(C)c2cccs2)cc1. The zero-order chi connectivity index (χ0) is 18.3. The van der Waals surface area contributed by atoms with Gasteiger partial charge in [0.15, 0.2) is 0 Å². The highest BCUT2D eigenvalue weighted by atomic mass is 32.2. The normalized spacial score (nSPS) is 12.6. The number of carbonyl (C=O) groups is 1. The van der Waals surface area contributed by atoms with Crippen LogP contribution in [0, 0.1) is 0 Å². The summed E-state index contributed by atoms with van der Waals surface area (Å²) in [6, 6.07) is 9.95. The van der Waals surface area contributed by atoms with Crippen LogP contribution in [0.3, 0.4) is 0 Å². The Bertz CT molecular complexity index is 771. The Morgan fingerprint density at radius 3 is 2.56 bits per heavy atom. The van der Waals surface area contributed by atoms with E-state index < -0.39 is 10.0 Å². The number of rotatable bonds is 9. The summed E-state index contributed by atoms with van der Waals surface area (Å²) in [4.78, 5) is 13.1. The van der Waals surface area contributed by atoms with E-state index in [2.05, 4.69) is 10.0 Å². The summed E-state index contributed by atoms with van der Waals surface area (Å²) in [5.74, 6) is 0.415. The maximum atomic E-state index is 12.2. The maximum Gasteiger partial charge on any atom is 0.240 e. The topological polar surface area (TPSA) is 84.5 Å². The van der Waals surface area contributed by atoms with Gasteiger partial charge in [0.05, 0.1) is 17.5 Å². The molecule has 0 bridgehead atoms. The molecule has 0 saturated heterocycles. The van der Waals surface area contributed by atoms with Crippen LogP contribution in [0.15, 0.2) is 46.7 Å². The summed E-state index contributed by atoms with van der Waals surface area (Å²) in [7, 11) is -3.64. The van der Waals surface area contributed by atoms with Gasteiger partial charge in [-0.2, -0.15) is 0 Å². The minimum atomic E-state index is -3.64. The molecule has 1 unspecified atom stereocenters. The van der Waals surface area contributed by atoms with Gasteiger partial charge in [-0.1, -0.05) is 6.07 Å². The average Bonchev–Trinajstić information content (AvgIpc) is 3.10. The third-order valence-electron chi connectivity index (χ3n) is 3.44. The molecular formula is C17H22N2O4S2. The molecule has 0 aliphatic carbocycles. The van der Waals surface area contributed by atoms with E-state index >= 15 is 0 Å². The van der Waals surface area contributed by atoms with Gasteiger partial charge in [0.2, 0.25) is 15.9 Å². The van der Waals surface area contributed by atoms with E-state index in [0.29, 0.717) is 12.4 Å². The van der Waals surface area contributed by atoms with E-state index in [9.17, 15) is 13.2 Å². The Morgan fingerprint density at radius 2 is 1.96 bits per heavy atom. The molecule has 1 aromatic carbocycles. The van der Waals surface area contributed by atoms with Crippen molar-refractivity contribution in [2.24, 2.45) is 0 Å². The monoisotopic (exact) mass is 382 g/mol. The van der Waals surface area contributed by atoms with E-state index in [4.69, 9.17) is 4.74 Å². The minimum Gasteiger partial charge on any atom is -0.494 e. The molecule has 25 heavy (non-hydrogen) atoms. The van der Waals surface area contributed by atoms with Gasteiger partial charge in [0.1, 0.15) is 5.75 Å². The van der Waals surface area contributed by atoms with Gasteiger partial charge >= 0.3 is 0 Å². The molecule has 0 radical (unpaired) electrons. The molecule has 0 fully saturated rings. The Balaban J connectivity index is 1.82. The molecule has 2 rings (SSSR count). The molecule has 0 aliphatic rings. The zero-order valence-electron chi connectivity index (χ0n) is 14.2. The summed E-state index contributed by atoms with van der Waals surface area (Å²) >= 11 is 1.57. The largest absolute Gasteiger partial charge is 0.494 e. The first-order valence-electron chi connectivity index (χ1n) is 7.97. The van der Waals surface area contributed by atoms with Gasteiger partial charge in [-0.25, -0.2) is 13.1 Å². The lowest BCUT2D eigenvalue weighted by atomic mass is 10.2. The Labute approximate surface area is 152 Å². The van der Waals surface area contributed by atoms with Gasteiger partial charge in [0.25, 0.3) is 0 Å². The molecular weight excluding hydrogens is 360 g/mol. The van der Waals surface area contributed by atoms with Crippen molar-refractivity contribution in [3.63, 3.8) is 0 Å². The van der Waals surface area contributed by atoms with Crippen molar-refractivity contribution >= 4 is 27.3 Å². The van der Waals surface area contributed by atoms with Crippen LogP contribution in [0.25, 0.3) is 0 Å². The van der Waals surface area contributed by atoms with Crippen LogP contribution in [-0.4, -0.2) is 27.5 Å². The van der Waals surface area contributed by atoms with Gasteiger partial charge in [-0.3, -0.25) is 4.79 Å². The van der Waals surface area contributed by atoms with E-state index in [0.717, 1.165) is 4.88 Å². The van der Waals surface area contributed by atoms with E-state index in [1.807, 2.05) is 31.4 Å². The smallest absolute Gasteiger partial charge is 0.240 e.